The third kappa shape index (κ3) is 49.0. The molecule has 0 fully saturated rings. The van der Waals surface area contributed by atoms with Gasteiger partial charge in [0.25, 0.3) is 0 Å². The zero-order valence-corrected chi connectivity index (χ0v) is 41.4. The van der Waals surface area contributed by atoms with E-state index in [2.05, 4.69) is 74.6 Å². The van der Waals surface area contributed by atoms with Crippen molar-refractivity contribution < 1.29 is 37.6 Å². The van der Waals surface area contributed by atoms with E-state index in [1.54, 1.807) is 0 Å². The van der Waals surface area contributed by atoms with Crippen LogP contribution in [0, 0.1) is 0 Å². The lowest BCUT2D eigenvalue weighted by molar-refractivity contribution is -0.161. The van der Waals surface area contributed by atoms with Gasteiger partial charge in [-0.3, -0.25) is 18.6 Å². The highest BCUT2D eigenvalue weighted by molar-refractivity contribution is 7.47. The molecule has 0 aromatic carbocycles. The molecule has 0 rings (SSSR count). The maximum atomic E-state index is 12.6. The molecule has 2 unspecified atom stereocenters. The number of unbranched alkanes of at least 4 members (excludes halogenated alkanes) is 25. The quantitative estimate of drug-likeness (QED) is 0.0265. The lowest BCUT2D eigenvalue weighted by Crippen LogP contribution is -2.29. The van der Waals surface area contributed by atoms with Crippen molar-refractivity contribution in [2.24, 2.45) is 5.73 Å². The van der Waals surface area contributed by atoms with Crippen LogP contribution < -0.4 is 5.73 Å². The molecule has 2 atom stereocenters. The average molecular weight is 906 g/mol. The van der Waals surface area contributed by atoms with E-state index in [9.17, 15) is 19.0 Å². The summed E-state index contributed by atoms with van der Waals surface area (Å²) >= 11 is 0. The van der Waals surface area contributed by atoms with Crippen molar-refractivity contribution in [3.63, 3.8) is 0 Å². The summed E-state index contributed by atoms with van der Waals surface area (Å²) < 4.78 is 32.9. The second-order valence-electron chi connectivity index (χ2n) is 17.0. The molecule has 0 spiro atoms. The highest BCUT2D eigenvalue weighted by Crippen LogP contribution is 2.43. The number of nitrogens with two attached hydrogens (primary N) is 1. The summed E-state index contributed by atoms with van der Waals surface area (Å²) in [5.41, 5.74) is 5.36. The van der Waals surface area contributed by atoms with Crippen molar-refractivity contribution in [2.75, 3.05) is 26.4 Å². The van der Waals surface area contributed by atoms with Gasteiger partial charge < -0.3 is 20.1 Å². The first-order valence-corrected chi connectivity index (χ1v) is 27.3. The summed E-state index contributed by atoms with van der Waals surface area (Å²) in [5, 5.41) is 0. The molecule has 63 heavy (non-hydrogen) atoms. The number of phosphoric ester groups is 1. The largest absolute Gasteiger partial charge is 0.472 e. The van der Waals surface area contributed by atoms with Crippen LogP contribution in [-0.2, 0) is 32.7 Å². The van der Waals surface area contributed by atoms with Crippen molar-refractivity contribution >= 4 is 19.8 Å². The smallest absolute Gasteiger partial charge is 0.462 e. The minimum Gasteiger partial charge on any atom is -0.462 e. The molecule has 0 amide bonds. The predicted octanol–water partition coefficient (Wildman–Crippen LogP) is 15.6. The summed E-state index contributed by atoms with van der Waals surface area (Å²) in [6.45, 7) is 3.63. The normalized spacial score (nSPS) is 13.7. The lowest BCUT2D eigenvalue weighted by atomic mass is 10.0. The molecule has 0 aliphatic carbocycles. The second kappa shape index (κ2) is 49.2. The molecule has 0 heterocycles. The first-order chi connectivity index (χ1) is 30.8. The Hall–Kier alpha value is -2.29. The van der Waals surface area contributed by atoms with Gasteiger partial charge in [-0.1, -0.05) is 222 Å². The van der Waals surface area contributed by atoms with Gasteiger partial charge in [-0.15, -0.1) is 0 Å². The number of hydrogen-bond acceptors (Lipinski definition) is 8. The van der Waals surface area contributed by atoms with Gasteiger partial charge in [-0.05, 0) is 57.8 Å². The van der Waals surface area contributed by atoms with Crippen molar-refractivity contribution in [2.45, 2.75) is 238 Å². The van der Waals surface area contributed by atoms with Gasteiger partial charge in [0.15, 0.2) is 6.10 Å². The van der Waals surface area contributed by atoms with Crippen LogP contribution in [-0.4, -0.2) is 49.3 Å². The van der Waals surface area contributed by atoms with E-state index in [0.29, 0.717) is 6.42 Å². The highest BCUT2D eigenvalue weighted by atomic mass is 31.2. The Morgan fingerprint density at radius 2 is 0.873 bits per heavy atom. The Morgan fingerprint density at radius 3 is 1.30 bits per heavy atom. The van der Waals surface area contributed by atoms with Crippen LogP contribution in [0.5, 0.6) is 0 Å². The van der Waals surface area contributed by atoms with Crippen LogP contribution in [0.3, 0.4) is 0 Å². The van der Waals surface area contributed by atoms with Crippen LogP contribution in [0.4, 0.5) is 0 Å². The SMILES string of the molecule is CC/C=C\C/C=C\C/C=C\C/C=C\C/C=C\CCCCCCCCCCCCCCCCCC(=O)OC(COC(=O)CCCCCCCCCCCCC)COP(=O)(O)OCCN. The van der Waals surface area contributed by atoms with Crippen LogP contribution >= 0.6 is 7.82 Å². The van der Waals surface area contributed by atoms with Crippen molar-refractivity contribution in [1.29, 1.82) is 0 Å². The van der Waals surface area contributed by atoms with Crippen LogP contribution in [0.1, 0.15) is 232 Å². The van der Waals surface area contributed by atoms with Crippen molar-refractivity contribution in [1.82, 2.24) is 0 Å². The molecule has 9 nitrogen and oxygen atoms in total. The van der Waals surface area contributed by atoms with Crippen LogP contribution in [0.15, 0.2) is 60.8 Å². The van der Waals surface area contributed by atoms with E-state index in [1.165, 1.54) is 128 Å². The third-order valence-corrected chi connectivity index (χ3v) is 11.9. The molecule has 0 saturated heterocycles. The number of carbonyl (C=O) groups excluding carboxylic acids is 2. The van der Waals surface area contributed by atoms with Crippen LogP contribution in [0.2, 0.25) is 0 Å². The van der Waals surface area contributed by atoms with E-state index >= 15 is 0 Å². The number of allylic oxidation sites excluding steroid dienone is 10. The van der Waals surface area contributed by atoms with Gasteiger partial charge in [0.05, 0.1) is 13.2 Å². The Balaban J connectivity index is 3.91. The maximum absolute atomic E-state index is 12.6. The molecule has 0 radical (unpaired) electrons. The van der Waals surface area contributed by atoms with E-state index in [-0.39, 0.29) is 38.6 Å². The average Bonchev–Trinajstić information content (AvgIpc) is 3.27. The summed E-state index contributed by atoms with van der Waals surface area (Å²) in [6, 6.07) is 0. The molecule has 0 aromatic heterocycles. The fourth-order valence-corrected chi connectivity index (χ4v) is 7.90. The molecule has 0 aromatic rings. The van der Waals surface area contributed by atoms with Gasteiger partial charge in [0.1, 0.15) is 6.61 Å². The van der Waals surface area contributed by atoms with E-state index < -0.39 is 26.5 Å². The molecule has 0 bridgehead atoms. The zero-order chi connectivity index (χ0) is 46.0. The Bertz CT molecular complexity index is 1220. The molecular formula is C53H96NO8P. The fourth-order valence-electron chi connectivity index (χ4n) is 7.13. The van der Waals surface area contributed by atoms with Crippen molar-refractivity contribution in [3.05, 3.63) is 60.8 Å². The molecule has 10 heteroatoms. The third-order valence-electron chi connectivity index (χ3n) is 10.9. The number of rotatable bonds is 48. The standard InChI is InChI=1S/C53H96NO8P/c1-3-5-7-9-11-13-15-16-17-18-19-20-21-22-23-24-25-26-27-28-29-30-31-32-33-34-36-38-40-42-44-46-53(56)62-51(50-61-63(57,58)60-48-47-54)49-59-52(55)45-43-41-39-37-35-14-12-10-8-6-4-2/h5,7,11,13,16-17,19-20,22-23,51H,3-4,6,8-10,12,14-15,18,21,24-50,54H2,1-2H3,(H,57,58)/b7-5-,13-11-,17-16-,20-19-,23-22-. The molecule has 0 aliphatic heterocycles. The minimum absolute atomic E-state index is 0.0535. The molecule has 3 N–H and O–H groups in total. The van der Waals surface area contributed by atoms with Crippen molar-refractivity contribution in [3.8, 4) is 0 Å². The lowest BCUT2D eigenvalue weighted by Gasteiger charge is -2.19. The highest BCUT2D eigenvalue weighted by Gasteiger charge is 2.26. The summed E-state index contributed by atoms with van der Waals surface area (Å²) in [7, 11) is -4.38. The monoisotopic (exact) mass is 906 g/mol. The first kappa shape index (κ1) is 60.7. The molecular weight excluding hydrogens is 810 g/mol. The van der Waals surface area contributed by atoms with Gasteiger partial charge >= 0.3 is 19.8 Å². The molecule has 0 aliphatic rings. The number of carbonyl (C=O) groups is 2. The van der Waals surface area contributed by atoms with Gasteiger partial charge in [-0.2, -0.15) is 0 Å². The Labute approximate surface area is 387 Å². The predicted molar refractivity (Wildman–Crippen MR) is 266 cm³/mol. The topological polar surface area (TPSA) is 134 Å². The summed E-state index contributed by atoms with van der Waals surface area (Å²) in [4.78, 5) is 34.9. The Morgan fingerprint density at radius 1 is 0.492 bits per heavy atom. The fraction of sp³-hybridized carbons (Fsp3) is 0.774. The van der Waals surface area contributed by atoms with Gasteiger partial charge in [-0.25, -0.2) is 4.57 Å². The molecule has 0 saturated carbocycles. The van der Waals surface area contributed by atoms with Crippen LogP contribution in [0.25, 0.3) is 0 Å². The number of ether oxygens (including phenoxy) is 2. The number of hydrogen-bond donors (Lipinski definition) is 2. The number of esters is 2. The molecule has 366 valence electrons. The van der Waals surface area contributed by atoms with Gasteiger partial charge in [0.2, 0.25) is 0 Å². The Kier molecular flexibility index (Phi) is 47.4. The van der Waals surface area contributed by atoms with E-state index in [4.69, 9.17) is 24.3 Å². The van der Waals surface area contributed by atoms with Gasteiger partial charge in [0, 0.05) is 19.4 Å². The number of phosphoric acid groups is 1. The summed E-state index contributed by atoms with van der Waals surface area (Å²) in [6.07, 6.45) is 59.9. The second-order valence-corrected chi connectivity index (χ2v) is 18.5. The minimum atomic E-state index is -4.38. The first-order valence-electron chi connectivity index (χ1n) is 25.8. The van der Waals surface area contributed by atoms with E-state index in [1.807, 2.05) is 0 Å². The zero-order valence-electron chi connectivity index (χ0n) is 40.6. The maximum Gasteiger partial charge on any atom is 0.472 e. The summed E-state index contributed by atoms with van der Waals surface area (Å²) in [5.74, 6) is -0.824. The van der Waals surface area contributed by atoms with E-state index in [0.717, 1.165) is 70.6 Å².